The van der Waals surface area contributed by atoms with Crippen LogP contribution in [0.5, 0.6) is 0 Å². The molecule has 1 rings (SSSR count). The van der Waals surface area contributed by atoms with Gasteiger partial charge in [0.25, 0.3) is 0 Å². The lowest BCUT2D eigenvalue weighted by molar-refractivity contribution is 0.278. The minimum atomic E-state index is -0.583. The van der Waals surface area contributed by atoms with Crippen LogP contribution in [0.1, 0.15) is 13.3 Å². The highest BCUT2D eigenvalue weighted by atomic mass is 19.1. The molecule has 0 aromatic carbocycles. The van der Waals surface area contributed by atoms with E-state index in [0.29, 0.717) is 6.54 Å². The molecule has 1 aliphatic rings. The molecule has 1 nitrogen and oxygen atoms in total. The Labute approximate surface area is 49.3 Å². The Morgan fingerprint density at radius 1 is 1.62 bits per heavy atom. The lowest BCUT2D eigenvalue weighted by Gasteiger charge is -2.05. The van der Waals surface area contributed by atoms with Crippen LogP contribution in [0.2, 0.25) is 0 Å². The summed E-state index contributed by atoms with van der Waals surface area (Å²) in [5.41, 5.74) is 0. The van der Waals surface area contributed by atoms with Gasteiger partial charge in [0.1, 0.15) is 6.17 Å². The summed E-state index contributed by atoms with van der Waals surface area (Å²) in [6.45, 7) is 3.47. The lowest BCUT2D eigenvalue weighted by Crippen LogP contribution is -2.10. The maximum atomic E-state index is 12.5. The molecular formula is C6H12FN. The van der Waals surface area contributed by atoms with Crippen molar-refractivity contribution in [2.45, 2.75) is 19.5 Å². The Kier molecular flexibility index (Phi) is 1.84. The SMILES string of the molecule is CC[C@H]1CNC[C@@H]1F. The fourth-order valence-corrected chi connectivity index (χ4v) is 1.10. The van der Waals surface area contributed by atoms with Crippen LogP contribution in [0.3, 0.4) is 0 Å². The third-order valence-corrected chi connectivity index (χ3v) is 1.78. The van der Waals surface area contributed by atoms with E-state index in [1.165, 1.54) is 0 Å². The largest absolute Gasteiger partial charge is 0.313 e. The van der Waals surface area contributed by atoms with Crippen molar-refractivity contribution in [3.8, 4) is 0 Å². The van der Waals surface area contributed by atoms with Crippen LogP contribution in [0.4, 0.5) is 4.39 Å². The second-order valence-corrected chi connectivity index (χ2v) is 2.34. The van der Waals surface area contributed by atoms with Crippen LogP contribution >= 0.6 is 0 Å². The zero-order valence-electron chi connectivity index (χ0n) is 5.15. The molecule has 1 heterocycles. The third kappa shape index (κ3) is 0.996. The molecule has 8 heavy (non-hydrogen) atoms. The fourth-order valence-electron chi connectivity index (χ4n) is 1.10. The molecule has 2 heteroatoms. The van der Waals surface area contributed by atoms with Crippen LogP contribution in [0, 0.1) is 5.92 Å². The zero-order valence-corrected chi connectivity index (χ0v) is 5.15. The summed E-state index contributed by atoms with van der Waals surface area (Å²) in [6, 6.07) is 0. The summed E-state index contributed by atoms with van der Waals surface area (Å²) in [7, 11) is 0. The molecule has 0 bridgehead atoms. The first-order valence-corrected chi connectivity index (χ1v) is 3.19. The van der Waals surface area contributed by atoms with E-state index in [1.807, 2.05) is 6.92 Å². The Balaban J connectivity index is 2.30. The number of nitrogens with one attached hydrogen (secondary N) is 1. The van der Waals surface area contributed by atoms with Gasteiger partial charge in [-0.3, -0.25) is 0 Å². The molecular weight excluding hydrogens is 105 g/mol. The normalized spacial score (nSPS) is 38.2. The number of rotatable bonds is 1. The fraction of sp³-hybridized carbons (Fsp3) is 1.00. The first-order chi connectivity index (χ1) is 3.84. The summed E-state index contributed by atoms with van der Waals surface area (Å²) < 4.78 is 12.5. The first-order valence-electron chi connectivity index (χ1n) is 3.19. The van der Waals surface area contributed by atoms with Gasteiger partial charge in [-0.25, -0.2) is 4.39 Å². The van der Waals surface area contributed by atoms with Gasteiger partial charge >= 0.3 is 0 Å². The number of alkyl halides is 1. The molecule has 0 unspecified atom stereocenters. The molecule has 0 radical (unpaired) electrons. The van der Waals surface area contributed by atoms with Crippen molar-refractivity contribution in [2.24, 2.45) is 5.92 Å². The molecule has 0 aromatic rings. The van der Waals surface area contributed by atoms with Gasteiger partial charge in [-0.2, -0.15) is 0 Å². The predicted molar refractivity (Wildman–Crippen MR) is 31.5 cm³/mol. The van der Waals surface area contributed by atoms with Gasteiger partial charge in [-0.05, 0) is 6.42 Å². The molecule has 2 atom stereocenters. The van der Waals surface area contributed by atoms with Gasteiger partial charge in [-0.15, -0.1) is 0 Å². The van der Waals surface area contributed by atoms with Crippen molar-refractivity contribution in [3.05, 3.63) is 0 Å². The van der Waals surface area contributed by atoms with Crippen LogP contribution < -0.4 is 5.32 Å². The standard InChI is InChI=1S/C6H12FN/c1-2-5-3-8-4-6(5)7/h5-6,8H,2-4H2,1H3/t5-,6-/m0/s1. The van der Waals surface area contributed by atoms with E-state index in [4.69, 9.17) is 0 Å². The van der Waals surface area contributed by atoms with E-state index >= 15 is 0 Å². The predicted octanol–water partition coefficient (Wildman–Crippen LogP) is 0.954. The van der Waals surface area contributed by atoms with E-state index in [9.17, 15) is 4.39 Å². The highest BCUT2D eigenvalue weighted by molar-refractivity contribution is 4.79. The van der Waals surface area contributed by atoms with Crippen molar-refractivity contribution in [1.29, 1.82) is 0 Å². The smallest absolute Gasteiger partial charge is 0.116 e. The topological polar surface area (TPSA) is 12.0 Å². The van der Waals surface area contributed by atoms with Crippen LogP contribution in [-0.4, -0.2) is 19.3 Å². The quantitative estimate of drug-likeness (QED) is 0.539. The Morgan fingerprint density at radius 2 is 2.38 bits per heavy atom. The number of halogens is 1. The zero-order chi connectivity index (χ0) is 5.98. The van der Waals surface area contributed by atoms with Gasteiger partial charge in [-0.1, -0.05) is 6.92 Å². The average Bonchev–Trinajstić information content (AvgIpc) is 2.14. The van der Waals surface area contributed by atoms with Gasteiger partial charge < -0.3 is 5.32 Å². The summed E-state index contributed by atoms with van der Waals surface area (Å²) in [5, 5.41) is 3.00. The summed E-state index contributed by atoms with van der Waals surface area (Å²) >= 11 is 0. The molecule has 0 saturated carbocycles. The first kappa shape index (κ1) is 6.02. The number of hydrogen-bond donors (Lipinski definition) is 1. The van der Waals surface area contributed by atoms with Gasteiger partial charge in [0, 0.05) is 19.0 Å². The van der Waals surface area contributed by atoms with Crippen molar-refractivity contribution in [3.63, 3.8) is 0 Å². The van der Waals surface area contributed by atoms with Crippen LogP contribution in [0.25, 0.3) is 0 Å². The van der Waals surface area contributed by atoms with Crippen molar-refractivity contribution in [1.82, 2.24) is 5.32 Å². The molecule has 1 aliphatic heterocycles. The van der Waals surface area contributed by atoms with E-state index in [0.717, 1.165) is 13.0 Å². The van der Waals surface area contributed by atoms with Crippen molar-refractivity contribution >= 4 is 0 Å². The molecule has 48 valence electrons. The minimum Gasteiger partial charge on any atom is -0.313 e. The van der Waals surface area contributed by atoms with Gasteiger partial charge in [0.2, 0.25) is 0 Å². The second-order valence-electron chi connectivity index (χ2n) is 2.34. The average molecular weight is 117 g/mol. The third-order valence-electron chi connectivity index (χ3n) is 1.78. The Hall–Kier alpha value is -0.110. The second kappa shape index (κ2) is 2.44. The molecule has 1 saturated heterocycles. The lowest BCUT2D eigenvalue weighted by atomic mass is 10.1. The Morgan fingerprint density at radius 3 is 2.62 bits per heavy atom. The van der Waals surface area contributed by atoms with E-state index in [2.05, 4.69) is 5.32 Å². The van der Waals surface area contributed by atoms with Crippen molar-refractivity contribution in [2.75, 3.05) is 13.1 Å². The maximum Gasteiger partial charge on any atom is 0.116 e. The maximum absolute atomic E-state index is 12.5. The summed E-state index contributed by atoms with van der Waals surface area (Å²) in [4.78, 5) is 0. The molecule has 0 aromatic heterocycles. The molecule has 1 N–H and O–H groups in total. The summed E-state index contributed by atoms with van der Waals surface area (Å²) in [5.74, 6) is 0.287. The van der Waals surface area contributed by atoms with Crippen LogP contribution in [0.15, 0.2) is 0 Å². The number of hydrogen-bond acceptors (Lipinski definition) is 1. The van der Waals surface area contributed by atoms with Gasteiger partial charge in [0.05, 0.1) is 0 Å². The van der Waals surface area contributed by atoms with Crippen LogP contribution in [-0.2, 0) is 0 Å². The minimum absolute atomic E-state index is 0.287. The molecule has 0 amide bonds. The summed E-state index contributed by atoms with van der Waals surface area (Å²) in [6.07, 6.45) is 0.383. The van der Waals surface area contributed by atoms with Gasteiger partial charge in [0.15, 0.2) is 0 Å². The van der Waals surface area contributed by atoms with E-state index < -0.39 is 6.17 Å². The van der Waals surface area contributed by atoms with E-state index in [1.54, 1.807) is 0 Å². The molecule has 0 spiro atoms. The highest BCUT2D eigenvalue weighted by Crippen LogP contribution is 2.14. The van der Waals surface area contributed by atoms with E-state index in [-0.39, 0.29) is 5.92 Å². The molecule has 1 fully saturated rings. The molecule has 0 aliphatic carbocycles. The highest BCUT2D eigenvalue weighted by Gasteiger charge is 2.24. The Bertz CT molecular complexity index is 74.9. The monoisotopic (exact) mass is 117 g/mol. The van der Waals surface area contributed by atoms with Crippen molar-refractivity contribution < 1.29 is 4.39 Å².